The zero-order valence-electron chi connectivity index (χ0n) is 16.3. The molecule has 0 bridgehead atoms. The molecule has 0 spiro atoms. The fraction of sp³-hybridized carbons (Fsp3) is 0.300. The Morgan fingerprint density at radius 3 is 2.66 bits per heavy atom. The van der Waals surface area contributed by atoms with Crippen molar-refractivity contribution in [3.8, 4) is 0 Å². The highest BCUT2D eigenvalue weighted by Crippen LogP contribution is 2.23. The van der Waals surface area contributed by atoms with Crippen molar-refractivity contribution >= 4 is 38.9 Å². The Morgan fingerprint density at radius 2 is 1.93 bits per heavy atom. The number of nitrogens with one attached hydrogen (secondary N) is 2. The van der Waals surface area contributed by atoms with E-state index in [1.165, 1.54) is 0 Å². The second kappa shape index (κ2) is 9.32. The Labute approximate surface area is 174 Å². The van der Waals surface area contributed by atoms with Gasteiger partial charge in [-0.05, 0) is 35.9 Å². The van der Waals surface area contributed by atoms with Crippen LogP contribution in [0, 0.1) is 0 Å². The largest absolute Gasteiger partial charge is 0.355 e. The minimum atomic E-state index is -3.57. The molecule has 9 heteroatoms. The van der Waals surface area contributed by atoms with Gasteiger partial charge in [-0.2, -0.15) is 5.10 Å². The van der Waals surface area contributed by atoms with E-state index >= 15 is 0 Å². The highest BCUT2D eigenvalue weighted by Gasteiger charge is 2.12. The summed E-state index contributed by atoms with van der Waals surface area (Å²) in [6.45, 7) is 4.31. The summed E-state index contributed by atoms with van der Waals surface area (Å²) in [5.41, 5.74) is 2.14. The summed E-state index contributed by atoms with van der Waals surface area (Å²) in [5, 5.41) is 7.24. The molecule has 3 aromatic rings. The lowest BCUT2D eigenvalue weighted by Crippen LogP contribution is -2.32. The zero-order valence-corrected chi connectivity index (χ0v) is 18.0. The third kappa shape index (κ3) is 6.50. The molecule has 0 fully saturated rings. The molecule has 0 aliphatic heterocycles. The first-order chi connectivity index (χ1) is 13.8. The first-order valence-corrected chi connectivity index (χ1v) is 11.8. The average molecular weight is 433 g/mol. The van der Waals surface area contributed by atoms with Crippen LogP contribution in [-0.4, -0.2) is 41.5 Å². The van der Waals surface area contributed by atoms with Crippen LogP contribution in [0.5, 0.6) is 0 Å². The monoisotopic (exact) mass is 432 g/mol. The number of thioether (sulfide) groups is 1. The van der Waals surface area contributed by atoms with Gasteiger partial charge >= 0.3 is 0 Å². The smallest absolute Gasteiger partial charge is 0.234 e. The standard InChI is InChI=1S/C20H24N4O3S2/c1-15(2)28-19-5-3-16(4-6-19)13-20(25)21-10-12-29(26,27)23-17-8-11-24-18(14-17)7-9-22-24/h3-9,11,14-15,23H,10,12-13H2,1-2H3,(H,21,25). The number of sulfonamides is 1. The number of benzene rings is 1. The summed E-state index contributed by atoms with van der Waals surface area (Å²) in [6.07, 6.45) is 3.54. The van der Waals surface area contributed by atoms with Crippen LogP contribution in [0.15, 0.2) is 59.8 Å². The number of rotatable bonds is 9. The van der Waals surface area contributed by atoms with Crippen LogP contribution in [0.3, 0.4) is 0 Å². The van der Waals surface area contributed by atoms with Crippen molar-refractivity contribution in [2.45, 2.75) is 30.4 Å². The summed E-state index contributed by atoms with van der Waals surface area (Å²) in [6, 6.07) is 13.0. The molecule has 7 nitrogen and oxygen atoms in total. The molecule has 3 rings (SSSR count). The van der Waals surface area contributed by atoms with Crippen LogP contribution in [0.4, 0.5) is 5.69 Å². The number of carbonyl (C=O) groups excluding carboxylic acids is 1. The number of carbonyl (C=O) groups is 1. The lowest BCUT2D eigenvalue weighted by molar-refractivity contribution is -0.120. The lowest BCUT2D eigenvalue weighted by Gasteiger charge is -2.10. The third-order valence-corrected chi connectivity index (χ3v) is 6.33. The maximum Gasteiger partial charge on any atom is 0.234 e. The van der Waals surface area contributed by atoms with E-state index in [-0.39, 0.29) is 24.6 Å². The van der Waals surface area contributed by atoms with E-state index in [9.17, 15) is 13.2 Å². The quantitative estimate of drug-likeness (QED) is 0.507. The Hall–Kier alpha value is -2.52. The first-order valence-electron chi connectivity index (χ1n) is 9.27. The molecule has 1 aromatic carbocycles. The molecule has 0 radical (unpaired) electrons. The highest BCUT2D eigenvalue weighted by molar-refractivity contribution is 7.99. The fourth-order valence-corrected chi connectivity index (χ4v) is 4.54. The highest BCUT2D eigenvalue weighted by atomic mass is 32.2. The summed E-state index contributed by atoms with van der Waals surface area (Å²) < 4.78 is 28.7. The maximum absolute atomic E-state index is 12.3. The Morgan fingerprint density at radius 1 is 1.17 bits per heavy atom. The molecule has 0 aliphatic rings. The molecule has 0 atom stereocenters. The lowest BCUT2D eigenvalue weighted by atomic mass is 10.1. The van der Waals surface area contributed by atoms with Gasteiger partial charge in [0, 0.05) is 29.1 Å². The van der Waals surface area contributed by atoms with E-state index in [0.717, 1.165) is 16.0 Å². The van der Waals surface area contributed by atoms with Crippen molar-refractivity contribution in [2.24, 2.45) is 0 Å². The maximum atomic E-state index is 12.3. The van der Waals surface area contributed by atoms with E-state index in [2.05, 4.69) is 29.0 Å². The Bertz CT molecular complexity index is 1080. The molecular formula is C20H24N4O3S2. The molecule has 0 unspecified atom stereocenters. The van der Waals surface area contributed by atoms with Crippen molar-refractivity contribution in [3.63, 3.8) is 0 Å². The van der Waals surface area contributed by atoms with Crippen molar-refractivity contribution in [2.75, 3.05) is 17.0 Å². The van der Waals surface area contributed by atoms with Crippen LogP contribution in [0.25, 0.3) is 5.52 Å². The number of fused-ring (bicyclic) bond motifs is 1. The van der Waals surface area contributed by atoms with Crippen molar-refractivity contribution in [1.82, 2.24) is 14.9 Å². The summed E-state index contributed by atoms with van der Waals surface area (Å²) >= 11 is 1.77. The Kier molecular flexibility index (Phi) is 6.81. The van der Waals surface area contributed by atoms with Gasteiger partial charge in [-0.1, -0.05) is 26.0 Å². The van der Waals surface area contributed by atoms with Crippen LogP contribution in [-0.2, 0) is 21.2 Å². The molecule has 29 heavy (non-hydrogen) atoms. The number of aromatic nitrogens is 2. The number of hydrogen-bond acceptors (Lipinski definition) is 5. The molecule has 2 aromatic heterocycles. The normalized spacial score (nSPS) is 11.7. The van der Waals surface area contributed by atoms with Gasteiger partial charge in [0.05, 0.1) is 23.4 Å². The molecule has 0 saturated carbocycles. The second-order valence-electron chi connectivity index (χ2n) is 6.87. The minimum absolute atomic E-state index is 0.0460. The molecule has 154 valence electrons. The van der Waals surface area contributed by atoms with Crippen molar-refractivity contribution in [3.05, 3.63) is 60.4 Å². The molecule has 1 amide bonds. The molecule has 0 saturated heterocycles. The van der Waals surface area contributed by atoms with Crippen molar-refractivity contribution < 1.29 is 13.2 Å². The summed E-state index contributed by atoms with van der Waals surface area (Å²) in [7, 11) is -3.57. The Balaban J connectivity index is 1.46. The van der Waals surface area contributed by atoms with E-state index < -0.39 is 10.0 Å². The van der Waals surface area contributed by atoms with E-state index in [0.29, 0.717) is 10.9 Å². The van der Waals surface area contributed by atoms with Gasteiger partial charge < -0.3 is 5.32 Å². The van der Waals surface area contributed by atoms with Crippen LogP contribution < -0.4 is 10.0 Å². The van der Waals surface area contributed by atoms with Gasteiger partial charge in [0.15, 0.2) is 0 Å². The van der Waals surface area contributed by atoms with E-state index in [4.69, 9.17) is 0 Å². The van der Waals surface area contributed by atoms with Gasteiger partial charge in [0.25, 0.3) is 0 Å². The number of hydrogen-bond donors (Lipinski definition) is 2. The first kappa shape index (κ1) is 21.2. The predicted octanol–water partition coefficient (Wildman–Crippen LogP) is 2.94. The second-order valence-corrected chi connectivity index (χ2v) is 10.4. The van der Waals surface area contributed by atoms with Crippen LogP contribution >= 0.6 is 11.8 Å². The molecule has 0 aliphatic carbocycles. The topological polar surface area (TPSA) is 92.6 Å². The van der Waals surface area contributed by atoms with Crippen LogP contribution in [0.2, 0.25) is 0 Å². The molecule has 2 N–H and O–H groups in total. The summed E-state index contributed by atoms with van der Waals surface area (Å²) in [4.78, 5) is 13.3. The van der Waals surface area contributed by atoms with Crippen molar-refractivity contribution in [1.29, 1.82) is 0 Å². The van der Waals surface area contributed by atoms with Gasteiger partial charge in [-0.15, -0.1) is 11.8 Å². The minimum Gasteiger partial charge on any atom is -0.355 e. The number of nitrogens with zero attached hydrogens (tertiary/aromatic N) is 2. The van der Waals surface area contributed by atoms with Gasteiger partial charge in [-0.25, -0.2) is 12.9 Å². The predicted molar refractivity (Wildman–Crippen MR) is 117 cm³/mol. The molecule has 2 heterocycles. The van der Waals surface area contributed by atoms with Crippen LogP contribution in [0.1, 0.15) is 19.4 Å². The van der Waals surface area contributed by atoms with Gasteiger partial charge in [-0.3, -0.25) is 9.52 Å². The van der Waals surface area contributed by atoms with E-state index in [1.807, 2.05) is 24.3 Å². The average Bonchev–Trinajstić information content (AvgIpc) is 3.10. The zero-order chi connectivity index (χ0) is 20.9. The SMILES string of the molecule is CC(C)Sc1ccc(CC(=O)NCCS(=O)(=O)Nc2ccn3nccc3c2)cc1. The number of amides is 1. The number of anilines is 1. The van der Waals surface area contributed by atoms with E-state index in [1.54, 1.807) is 46.9 Å². The third-order valence-electron chi connectivity index (χ3n) is 4.03. The van der Waals surface area contributed by atoms with Gasteiger partial charge in [0.1, 0.15) is 0 Å². The molecular weight excluding hydrogens is 408 g/mol. The number of pyridine rings is 1. The fourth-order valence-electron chi connectivity index (χ4n) is 2.75. The summed E-state index contributed by atoms with van der Waals surface area (Å²) in [5.74, 6) is -0.405. The van der Waals surface area contributed by atoms with Gasteiger partial charge in [0.2, 0.25) is 15.9 Å².